The average molecular weight is 495 g/mol. The number of aryl methyl sites for hydroxylation is 1. The van der Waals surface area contributed by atoms with Crippen molar-refractivity contribution in [1.82, 2.24) is 30.3 Å². The Morgan fingerprint density at radius 3 is 2.66 bits per heavy atom. The minimum absolute atomic E-state index is 0.0898. The van der Waals surface area contributed by atoms with Gasteiger partial charge in [0.15, 0.2) is 0 Å². The molecule has 5 rings (SSSR count). The molecule has 2 fully saturated rings. The van der Waals surface area contributed by atoms with E-state index in [1.165, 1.54) is 30.6 Å². The van der Waals surface area contributed by atoms with Crippen molar-refractivity contribution < 1.29 is 4.79 Å². The Morgan fingerprint density at radius 1 is 1.09 bits per heavy atom. The van der Waals surface area contributed by atoms with E-state index in [4.69, 9.17) is 0 Å². The highest BCUT2D eigenvalue weighted by Crippen LogP contribution is 2.29. The van der Waals surface area contributed by atoms with Gasteiger partial charge in [0.2, 0.25) is 16.2 Å². The van der Waals surface area contributed by atoms with E-state index in [1.54, 1.807) is 6.20 Å². The number of piperidine rings is 1. The van der Waals surface area contributed by atoms with Crippen molar-refractivity contribution in [2.45, 2.75) is 65.0 Å². The maximum Gasteiger partial charge on any atom is 0.234 e. The summed E-state index contributed by atoms with van der Waals surface area (Å²) in [5.74, 6) is 1.74. The Morgan fingerprint density at radius 2 is 1.89 bits per heavy atom. The molecule has 0 spiro atoms. The monoisotopic (exact) mass is 494 g/mol. The second-order valence-corrected chi connectivity index (χ2v) is 10.7. The van der Waals surface area contributed by atoms with Crippen molar-refractivity contribution in [2.24, 2.45) is 11.8 Å². The maximum absolute atomic E-state index is 12.9. The van der Waals surface area contributed by atoms with Gasteiger partial charge in [-0.3, -0.25) is 4.79 Å². The molecule has 0 radical (unpaired) electrons. The van der Waals surface area contributed by atoms with Crippen molar-refractivity contribution in [1.29, 1.82) is 0 Å². The van der Waals surface area contributed by atoms with E-state index in [0.717, 1.165) is 59.7 Å². The molecule has 4 heterocycles. The van der Waals surface area contributed by atoms with Gasteiger partial charge in [-0.2, -0.15) is 5.10 Å². The normalized spacial score (nSPS) is 21.1. The van der Waals surface area contributed by atoms with E-state index >= 15 is 0 Å². The van der Waals surface area contributed by atoms with Gasteiger partial charge in [-0.25, -0.2) is 9.67 Å². The highest BCUT2D eigenvalue weighted by Gasteiger charge is 2.30. The van der Waals surface area contributed by atoms with E-state index in [2.05, 4.69) is 42.7 Å². The molecule has 9 nitrogen and oxygen atoms in total. The largest absolute Gasteiger partial charge is 0.364 e. The lowest BCUT2D eigenvalue weighted by molar-refractivity contribution is -0.126. The average Bonchev–Trinajstić information content (AvgIpc) is 3.55. The number of hydrogen-bond acceptors (Lipinski definition) is 8. The molecule has 186 valence electrons. The van der Waals surface area contributed by atoms with Crippen molar-refractivity contribution in [3.63, 3.8) is 0 Å². The summed E-state index contributed by atoms with van der Waals surface area (Å²) >= 11 is 1.53. The predicted octanol–water partition coefficient (Wildman–Crippen LogP) is 3.95. The molecular formula is C25H34N8OS. The van der Waals surface area contributed by atoms with Gasteiger partial charge in [-0.05, 0) is 56.2 Å². The van der Waals surface area contributed by atoms with E-state index in [-0.39, 0.29) is 11.8 Å². The summed E-state index contributed by atoms with van der Waals surface area (Å²) in [4.78, 5) is 19.5. The predicted molar refractivity (Wildman–Crippen MR) is 138 cm³/mol. The van der Waals surface area contributed by atoms with Crippen LogP contribution in [-0.4, -0.2) is 50.0 Å². The number of amides is 1. The number of nitrogens with one attached hydrogen (secondary N) is 2. The van der Waals surface area contributed by atoms with Gasteiger partial charge in [0.25, 0.3) is 0 Å². The number of anilines is 2. The van der Waals surface area contributed by atoms with Gasteiger partial charge < -0.3 is 15.5 Å². The Labute approximate surface area is 210 Å². The molecule has 0 bridgehead atoms. The fourth-order valence-electron chi connectivity index (χ4n) is 4.98. The number of carbonyl (C=O) groups excluding carboxylic acids is 1. The van der Waals surface area contributed by atoms with Crippen LogP contribution in [0.1, 0.15) is 56.7 Å². The van der Waals surface area contributed by atoms with Gasteiger partial charge in [0, 0.05) is 37.4 Å². The summed E-state index contributed by atoms with van der Waals surface area (Å²) in [7, 11) is 0. The van der Waals surface area contributed by atoms with Crippen LogP contribution >= 0.6 is 11.3 Å². The maximum atomic E-state index is 12.9. The van der Waals surface area contributed by atoms with Crippen LogP contribution in [0.2, 0.25) is 0 Å². The highest BCUT2D eigenvalue weighted by molar-refractivity contribution is 7.17. The Hall–Kier alpha value is -3.01. The quantitative estimate of drug-likeness (QED) is 0.513. The molecule has 35 heavy (non-hydrogen) atoms. The van der Waals surface area contributed by atoms with Crippen molar-refractivity contribution in [2.75, 3.05) is 23.3 Å². The summed E-state index contributed by atoms with van der Waals surface area (Å²) in [6.07, 6.45) is 10.2. The van der Waals surface area contributed by atoms with E-state index in [0.29, 0.717) is 18.5 Å². The molecule has 1 amide bonds. The van der Waals surface area contributed by atoms with Gasteiger partial charge >= 0.3 is 0 Å². The first kappa shape index (κ1) is 23.7. The van der Waals surface area contributed by atoms with Crippen LogP contribution in [0.25, 0.3) is 5.13 Å². The molecule has 10 heteroatoms. The van der Waals surface area contributed by atoms with Gasteiger partial charge in [0.05, 0.1) is 12.2 Å². The van der Waals surface area contributed by atoms with Gasteiger partial charge in [-0.15, -0.1) is 10.2 Å². The molecule has 0 unspecified atom stereocenters. The van der Waals surface area contributed by atoms with E-state index in [9.17, 15) is 4.79 Å². The van der Waals surface area contributed by atoms with Gasteiger partial charge in [0.1, 0.15) is 5.82 Å². The Bertz CT molecular complexity index is 1120. The fourth-order valence-corrected chi connectivity index (χ4v) is 5.87. The number of pyridine rings is 1. The molecule has 2 aliphatic rings. The lowest BCUT2D eigenvalue weighted by Gasteiger charge is -2.34. The summed E-state index contributed by atoms with van der Waals surface area (Å²) in [5, 5.41) is 21.6. The van der Waals surface area contributed by atoms with Crippen LogP contribution in [0.5, 0.6) is 0 Å². The first-order chi connectivity index (χ1) is 17.1. The van der Waals surface area contributed by atoms with Crippen molar-refractivity contribution in [3.8, 4) is 5.13 Å². The summed E-state index contributed by atoms with van der Waals surface area (Å²) < 4.78 is 1.83. The molecule has 1 saturated heterocycles. The molecule has 0 aromatic carbocycles. The highest BCUT2D eigenvalue weighted by atomic mass is 32.1. The van der Waals surface area contributed by atoms with Crippen LogP contribution < -0.4 is 15.5 Å². The number of aromatic nitrogens is 5. The van der Waals surface area contributed by atoms with Crippen LogP contribution in [0.15, 0.2) is 30.6 Å². The van der Waals surface area contributed by atoms with Crippen LogP contribution in [0.3, 0.4) is 0 Å². The number of nitrogens with zero attached hydrogens (tertiary/aromatic N) is 6. The standard InChI is InChI=1S/C25H34N8OS/c1-17-7-8-22(26-15-17)27-16-20-9-12-28-33(20)25-31-30-24(35-25)32-13-10-19(11-14-32)23(34)29-21-6-4-3-5-18(21)2/h7-9,12,15,18-19,21H,3-6,10-11,13-14,16H2,1-2H3,(H,26,27)(H,29,34)/t18-,21+/m0/s1. The third-order valence-corrected chi connectivity index (χ3v) is 8.20. The minimum atomic E-state index is 0.0898. The molecule has 2 atom stereocenters. The smallest absolute Gasteiger partial charge is 0.234 e. The molecule has 2 N–H and O–H groups in total. The van der Waals surface area contributed by atoms with E-state index < -0.39 is 0 Å². The number of hydrogen-bond donors (Lipinski definition) is 2. The zero-order valence-corrected chi connectivity index (χ0v) is 21.3. The van der Waals surface area contributed by atoms with Crippen LogP contribution in [-0.2, 0) is 11.3 Å². The lowest BCUT2D eigenvalue weighted by Crippen LogP contribution is -2.46. The molecule has 3 aromatic rings. The topological polar surface area (TPSA) is 101 Å². The number of carbonyl (C=O) groups is 1. The SMILES string of the molecule is Cc1ccc(NCc2ccnn2-c2nnc(N3CCC(C(=O)N[C@@H]4CCCC[C@@H]4C)CC3)s2)nc1. The van der Waals surface area contributed by atoms with Crippen LogP contribution in [0, 0.1) is 18.8 Å². The molecule has 1 saturated carbocycles. The van der Waals surface area contributed by atoms with Crippen molar-refractivity contribution >= 4 is 28.2 Å². The fraction of sp³-hybridized carbons (Fsp3) is 0.560. The van der Waals surface area contributed by atoms with Crippen LogP contribution in [0.4, 0.5) is 10.9 Å². The Balaban J connectivity index is 1.15. The zero-order valence-electron chi connectivity index (χ0n) is 20.5. The third-order valence-electron chi connectivity index (χ3n) is 7.24. The van der Waals surface area contributed by atoms with Crippen molar-refractivity contribution in [3.05, 3.63) is 41.9 Å². The summed E-state index contributed by atoms with van der Waals surface area (Å²) in [5.41, 5.74) is 2.12. The molecular weight excluding hydrogens is 460 g/mol. The van der Waals surface area contributed by atoms with E-state index in [1.807, 2.05) is 36.0 Å². The minimum Gasteiger partial charge on any atom is -0.364 e. The lowest BCUT2D eigenvalue weighted by atomic mass is 9.85. The summed E-state index contributed by atoms with van der Waals surface area (Å²) in [6.45, 7) is 6.51. The first-order valence-electron chi connectivity index (χ1n) is 12.7. The molecule has 1 aliphatic carbocycles. The molecule has 3 aromatic heterocycles. The summed E-state index contributed by atoms with van der Waals surface area (Å²) in [6, 6.07) is 6.32. The zero-order chi connectivity index (χ0) is 24.2. The Kier molecular flexibility index (Phi) is 7.26. The molecule has 1 aliphatic heterocycles. The third kappa shape index (κ3) is 5.63. The first-order valence-corrected chi connectivity index (χ1v) is 13.5. The van der Waals surface area contributed by atoms with Gasteiger partial charge in [-0.1, -0.05) is 37.2 Å². The second kappa shape index (κ2) is 10.7. The second-order valence-electron chi connectivity index (χ2n) is 9.81. The number of rotatable bonds is 7.